The average molecular weight is 439 g/mol. The van der Waals surface area contributed by atoms with Crippen LogP contribution in [0.3, 0.4) is 0 Å². The van der Waals surface area contributed by atoms with Gasteiger partial charge in [-0.25, -0.2) is 9.48 Å². The number of hydrogen-bond donors (Lipinski definition) is 3. The molecule has 1 heterocycles. The lowest BCUT2D eigenvalue weighted by Crippen LogP contribution is -2.35. The molecule has 1 aromatic heterocycles. The van der Waals surface area contributed by atoms with E-state index >= 15 is 0 Å². The number of benzene rings is 2. The number of ether oxygens (including phenoxy) is 1. The van der Waals surface area contributed by atoms with Crippen LogP contribution in [0.15, 0.2) is 66.9 Å². The van der Waals surface area contributed by atoms with Gasteiger partial charge in [-0.3, -0.25) is 10.1 Å². The predicted octanol–water partition coefficient (Wildman–Crippen LogP) is 2.92. The maximum Gasteiger partial charge on any atom is 0.343 e. The number of hydrogen-bond acceptors (Lipinski definition) is 6. The zero-order valence-corrected chi connectivity index (χ0v) is 17.6. The third kappa shape index (κ3) is 5.74. The van der Waals surface area contributed by atoms with E-state index < -0.39 is 18.0 Å². The van der Waals surface area contributed by atoms with Crippen LogP contribution in [0.2, 0.25) is 0 Å². The third-order valence-corrected chi connectivity index (χ3v) is 4.56. The first-order chi connectivity index (χ1) is 15.0. The van der Waals surface area contributed by atoms with Crippen LogP contribution >= 0.6 is 12.2 Å². The zero-order chi connectivity index (χ0) is 22.2. The van der Waals surface area contributed by atoms with Crippen molar-refractivity contribution in [1.82, 2.24) is 15.1 Å². The number of aromatic nitrogens is 2. The summed E-state index contributed by atoms with van der Waals surface area (Å²) >= 11 is 5.26. The Morgan fingerprint density at radius 1 is 1.13 bits per heavy atom. The normalized spacial score (nSPS) is 11.4. The van der Waals surface area contributed by atoms with E-state index in [9.17, 15) is 14.7 Å². The van der Waals surface area contributed by atoms with Crippen molar-refractivity contribution in [2.24, 2.45) is 0 Å². The Morgan fingerprint density at radius 2 is 1.77 bits per heavy atom. The number of carbonyl (C=O) groups excluding carboxylic acids is 2. The Kier molecular flexibility index (Phi) is 7.47. The average Bonchev–Trinajstić information content (AvgIpc) is 3.17. The molecular formula is C22H22N4O4S. The molecule has 0 aliphatic rings. The fourth-order valence-corrected chi connectivity index (χ4v) is 3.05. The van der Waals surface area contributed by atoms with E-state index in [0.29, 0.717) is 11.1 Å². The highest BCUT2D eigenvalue weighted by Crippen LogP contribution is 2.21. The Balaban J connectivity index is 1.80. The minimum atomic E-state index is -0.871. The summed E-state index contributed by atoms with van der Waals surface area (Å²) in [4.78, 5) is 24.7. The fourth-order valence-electron chi connectivity index (χ4n) is 2.86. The molecule has 0 saturated carbocycles. The molecule has 1 atom stereocenters. The van der Waals surface area contributed by atoms with Gasteiger partial charge in [0.2, 0.25) is 0 Å². The molecular weight excluding hydrogens is 416 g/mol. The second kappa shape index (κ2) is 10.5. The summed E-state index contributed by atoms with van der Waals surface area (Å²) in [5, 5.41) is 20.2. The Hall–Kier alpha value is -3.56. The molecule has 0 aliphatic carbocycles. The van der Waals surface area contributed by atoms with E-state index in [1.807, 2.05) is 18.2 Å². The molecule has 0 bridgehead atoms. The number of anilines is 1. The third-order valence-electron chi connectivity index (χ3n) is 4.36. The minimum absolute atomic E-state index is 0.0182. The zero-order valence-electron chi connectivity index (χ0n) is 16.8. The maximum atomic E-state index is 12.4. The monoisotopic (exact) mass is 438 g/mol. The van der Waals surface area contributed by atoms with Crippen molar-refractivity contribution in [3.63, 3.8) is 0 Å². The summed E-state index contributed by atoms with van der Waals surface area (Å²) in [5.41, 5.74) is 1.27. The van der Waals surface area contributed by atoms with Gasteiger partial charge < -0.3 is 15.2 Å². The maximum absolute atomic E-state index is 12.4. The molecule has 3 N–H and O–H groups in total. The molecule has 0 radical (unpaired) electrons. The standard InChI is InChI=1S/C22H22N4O4S/c1-2-30-21(29)17-13-23-26(14-18(27)15-9-5-3-6-10-15)19(17)24-22(31)25-20(28)16-11-7-4-8-12-16/h3-13,18,27H,2,14H2,1H3,(H2,24,25,28,31). The van der Waals surface area contributed by atoms with Crippen LogP contribution in [0.25, 0.3) is 0 Å². The summed E-state index contributed by atoms with van der Waals surface area (Å²) in [6.07, 6.45) is 0.462. The Labute approximate surface area is 184 Å². The highest BCUT2D eigenvalue weighted by molar-refractivity contribution is 7.80. The van der Waals surface area contributed by atoms with Crippen LogP contribution in [0.5, 0.6) is 0 Å². The van der Waals surface area contributed by atoms with Gasteiger partial charge in [0, 0.05) is 5.56 Å². The van der Waals surface area contributed by atoms with Crippen molar-refractivity contribution >= 4 is 35.0 Å². The number of aliphatic hydroxyl groups is 1. The summed E-state index contributed by atoms with van der Waals surface area (Å²) in [6.45, 7) is 1.94. The minimum Gasteiger partial charge on any atom is -0.462 e. The van der Waals surface area contributed by atoms with Crippen LogP contribution in [0, 0.1) is 0 Å². The van der Waals surface area contributed by atoms with E-state index in [4.69, 9.17) is 17.0 Å². The SMILES string of the molecule is CCOC(=O)c1cnn(CC(O)c2ccccc2)c1NC(=S)NC(=O)c1ccccc1. The molecule has 0 aliphatic heterocycles. The summed E-state index contributed by atoms with van der Waals surface area (Å²) < 4.78 is 6.49. The number of amides is 1. The van der Waals surface area contributed by atoms with Crippen molar-refractivity contribution < 1.29 is 19.4 Å². The first-order valence-corrected chi connectivity index (χ1v) is 10.0. The number of thiocarbonyl (C=S) groups is 1. The molecule has 1 unspecified atom stereocenters. The quantitative estimate of drug-likeness (QED) is 0.385. The number of carbonyl (C=O) groups is 2. The first kappa shape index (κ1) is 22.1. The van der Waals surface area contributed by atoms with E-state index in [1.165, 1.54) is 10.9 Å². The molecule has 2 aromatic carbocycles. The molecule has 9 heteroatoms. The highest BCUT2D eigenvalue weighted by atomic mass is 32.1. The largest absolute Gasteiger partial charge is 0.462 e. The van der Waals surface area contributed by atoms with Gasteiger partial charge in [0.25, 0.3) is 5.91 Å². The van der Waals surface area contributed by atoms with Gasteiger partial charge in [-0.15, -0.1) is 0 Å². The number of nitrogens with one attached hydrogen (secondary N) is 2. The van der Waals surface area contributed by atoms with E-state index in [0.717, 1.165) is 0 Å². The summed E-state index contributed by atoms with van der Waals surface area (Å²) in [6, 6.07) is 17.7. The predicted molar refractivity (Wildman–Crippen MR) is 120 cm³/mol. The van der Waals surface area contributed by atoms with Gasteiger partial charge in [0.1, 0.15) is 11.4 Å². The number of esters is 1. The van der Waals surface area contributed by atoms with Crippen LogP contribution < -0.4 is 10.6 Å². The van der Waals surface area contributed by atoms with Gasteiger partial charge >= 0.3 is 5.97 Å². The molecule has 31 heavy (non-hydrogen) atoms. The molecule has 0 fully saturated rings. The lowest BCUT2D eigenvalue weighted by molar-refractivity contribution is 0.0527. The second-order valence-electron chi connectivity index (χ2n) is 6.51. The number of nitrogens with zero attached hydrogens (tertiary/aromatic N) is 2. The van der Waals surface area contributed by atoms with E-state index in [2.05, 4.69) is 15.7 Å². The van der Waals surface area contributed by atoms with Crippen LogP contribution in [0.4, 0.5) is 5.82 Å². The van der Waals surface area contributed by atoms with Crippen LogP contribution in [-0.2, 0) is 11.3 Å². The van der Waals surface area contributed by atoms with Gasteiger partial charge in [0.05, 0.1) is 25.5 Å². The molecule has 3 rings (SSSR count). The molecule has 8 nitrogen and oxygen atoms in total. The van der Waals surface area contributed by atoms with Gasteiger partial charge in [-0.2, -0.15) is 5.10 Å². The molecule has 160 valence electrons. The Morgan fingerprint density at radius 3 is 2.42 bits per heavy atom. The summed E-state index contributed by atoms with van der Waals surface area (Å²) in [5.74, 6) is -0.777. The summed E-state index contributed by atoms with van der Waals surface area (Å²) in [7, 11) is 0. The molecule has 1 amide bonds. The van der Waals surface area contributed by atoms with Crippen LogP contribution in [-0.4, -0.2) is 38.5 Å². The van der Waals surface area contributed by atoms with E-state index in [1.54, 1.807) is 49.4 Å². The molecule has 0 spiro atoms. The van der Waals surface area contributed by atoms with Crippen molar-refractivity contribution in [2.45, 2.75) is 19.6 Å². The van der Waals surface area contributed by atoms with Crippen molar-refractivity contribution in [3.05, 3.63) is 83.6 Å². The van der Waals surface area contributed by atoms with Crippen LogP contribution in [0.1, 0.15) is 39.3 Å². The molecule has 0 saturated heterocycles. The Bertz CT molecular complexity index is 1050. The lowest BCUT2D eigenvalue weighted by atomic mass is 10.1. The number of aliphatic hydroxyl groups excluding tert-OH is 1. The van der Waals surface area contributed by atoms with Crippen molar-refractivity contribution in [1.29, 1.82) is 0 Å². The topological polar surface area (TPSA) is 105 Å². The first-order valence-electron chi connectivity index (χ1n) is 9.63. The van der Waals surface area contributed by atoms with Crippen molar-refractivity contribution in [2.75, 3.05) is 11.9 Å². The van der Waals surface area contributed by atoms with Gasteiger partial charge in [-0.05, 0) is 36.8 Å². The van der Waals surface area contributed by atoms with Crippen molar-refractivity contribution in [3.8, 4) is 0 Å². The second-order valence-corrected chi connectivity index (χ2v) is 6.92. The number of rotatable bonds is 7. The van der Waals surface area contributed by atoms with Gasteiger partial charge in [0.15, 0.2) is 5.11 Å². The van der Waals surface area contributed by atoms with Gasteiger partial charge in [-0.1, -0.05) is 48.5 Å². The lowest BCUT2D eigenvalue weighted by Gasteiger charge is -2.16. The highest BCUT2D eigenvalue weighted by Gasteiger charge is 2.22. The smallest absolute Gasteiger partial charge is 0.343 e. The molecule has 3 aromatic rings. The van der Waals surface area contributed by atoms with E-state index in [-0.39, 0.29) is 29.6 Å². The fraction of sp³-hybridized carbons (Fsp3) is 0.182.